The lowest BCUT2D eigenvalue weighted by atomic mass is 10.2. The highest BCUT2D eigenvalue weighted by Gasteiger charge is 2.14. The van der Waals surface area contributed by atoms with E-state index >= 15 is 0 Å². The van der Waals surface area contributed by atoms with Gasteiger partial charge in [0.25, 0.3) is 0 Å². The lowest BCUT2D eigenvalue weighted by Gasteiger charge is -2.06. The number of hydrogen-bond donors (Lipinski definition) is 1. The number of benzene rings is 1. The molecule has 18 heavy (non-hydrogen) atoms. The van der Waals surface area contributed by atoms with Gasteiger partial charge in [0.05, 0.1) is 19.1 Å². The Morgan fingerprint density at radius 3 is 2.83 bits per heavy atom. The second kappa shape index (κ2) is 4.07. The zero-order valence-electron chi connectivity index (χ0n) is 9.54. The van der Waals surface area contributed by atoms with Gasteiger partial charge in [0, 0.05) is 16.5 Å². The summed E-state index contributed by atoms with van der Waals surface area (Å²) >= 11 is 0. The van der Waals surface area contributed by atoms with Gasteiger partial charge in [-0.15, -0.1) is 0 Å². The molecule has 0 unspecified atom stereocenters. The van der Waals surface area contributed by atoms with E-state index in [4.69, 9.17) is 4.42 Å². The van der Waals surface area contributed by atoms with Crippen molar-refractivity contribution in [3.05, 3.63) is 60.2 Å². The smallest absolute Gasteiger partial charge is 0.352 e. The molecule has 0 radical (unpaired) electrons. The number of para-hydroxylation sites is 1. The van der Waals surface area contributed by atoms with E-state index in [0.29, 0.717) is 6.54 Å². The van der Waals surface area contributed by atoms with E-state index in [-0.39, 0.29) is 5.69 Å². The van der Waals surface area contributed by atoms with Crippen molar-refractivity contribution in [2.45, 2.75) is 6.54 Å². The summed E-state index contributed by atoms with van der Waals surface area (Å²) in [6, 6.07) is 11.2. The molecule has 4 nitrogen and oxygen atoms in total. The Bertz CT molecular complexity index is 695. The van der Waals surface area contributed by atoms with Gasteiger partial charge in [0.15, 0.2) is 0 Å². The van der Waals surface area contributed by atoms with Gasteiger partial charge in [0.2, 0.25) is 0 Å². The summed E-state index contributed by atoms with van der Waals surface area (Å²) in [6.45, 7) is 0.492. The number of carboxylic acids is 1. The van der Waals surface area contributed by atoms with Crippen LogP contribution in [0.1, 0.15) is 16.1 Å². The summed E-state index contributed by atoms with van der Waals surface area (Å²) < 4.78 is 6.80. The first kappa shape index (κ1) is 10.7. The zero-order chi connectivity index (χ0) is 12.5. The van der Waals surface area contributed by atoms with Crippen LogP contribution >= 0.6 is 0 Å². The molecule has 0 saturated heterocycles. The summed E-state index contributed by atoms with van der Waals surface area (Å²) in [7, 11) is 0. The van der Waals surface area contributed by atoms with Crippen molar-refractivity contribution in [1.82, 2.24) is 4.57 Å². The molecule has 0 aliphatic carbocycles. The third kappa shape index (κ3) is 1.68. The highest BCUT2D eigenvalue weighted by atomic mass is 16.4. The number of rotatable bonds is 3. The van der Waals surface area contributed by atoms with E-state index < -0.39 is 5.97 Å². The van der Waals surface area contributed by atoms with Gasteiger partial charge in [-0.2, -0.15) is 0 Å². The van der Waals surface area contributed by atoms with E-state index in [1.807, 2.05) is 30.3 Å². The van der Waals surface area contributed by atoms with Gasteiger partial charge in [-0.1, -0.05) is 18.2 Å². The highest BCUT2D eigenvalue weighted by Crippen LogP contribution is 2.21. The largest absolute Gasteiger partial charge is 0.477 e. The number of carboxylic acid groups (broad SMARTS) is 1. The Labute approximate surface area is 103 Å². The van der Waals surface area contributed by atoms with Crippen LogP contribution in [0.15, 0.2) is 53.3 Å². The average Bonchev–Trinajstić information content (AvgIpc) is 2.98. The molecule has 0 spiro atoms. The number of furan rings is 1. The molecule has 0 bridgehead atoms. The maximum absolute atomic E-state index is 11.3. The number of fused-ring (bicyclic) bond motifs is 1. The van der Waals surface area contributed by atoms with Gasteiger partial charge in [-0.05, 0) is 18.2 Å². The van der Waals surface area contributed by atoms with Gasteiger partial charge in [-0.25, -0.2) is 4.79 Å². The van der Waals surface area contributed by atoms with Gasteiger partial charge in [0.1, 0.15) is 5.69 Å². The third-order valence-corrected chi connectivity index (χ3v) is 2.95. The van der Waals surface area contributed by atoms with E-state index in [0.717, 1.165) is 16.5 Å². The second-order valence-corrected chi connectivity index (χ2v) is 4.11. The van der Waals surface area contributed by atoms with Crippen LogP contribution < -0.4 is 0 Å². The summed E-state index contributed by atoms with van der Waals surface area (Å²) in [5.41, 5.74) is 2.15. The molecule has 0 fully saturated rings. The predicted octanol–water partition coefficient (Wildman–Crippen LogP) is 2.98. The van der Waals surface area contributed by atoms with Crippen LogP contribution in [-0.4, -0.2) is 15.6 Å². The van der Waals surface area contributed by atoms with Crippen LogP contribution in [0.4, 0.5) is 0 Å². The van der Waals surface area contributed by atoms with Gasteiger partial charge < -0.3 is 14.1 Å². The fourth-order valence-electron chi connectivity index (χ4n) is 2.12. The number of nitrogens with zero attached hydrogens (tertiary/aromatic N) is 1. The standard InChI is InChI=1S/C14H11NO3/c16-14(17)13-7-11-3-1-2-4-12(11)15(13)8-10-5-6-18-9-10/h1-7,9H,8H2,(H,16,17). The van der Waals surface area contributed by atoms with E-state index in [1.54, 1.807) is 23.2 Å². The molecule has 3 rings (SSSR count). The topological polar surface area (TPSA) is 55.4 Å². The molecule has 0 atom stereocenters. The normalized spacial score (nSPS) is 10.9. The van der Waals surface area contributed by atoms with Crippen LogP contribution in [0.5, 0.6) is 0 Å². The van der Waals surface area contributed by atoms with Crippen molar-refractivity contribution in [3.8, 4) is 0 Å². The number of carbonyl (C=O) groups is 1. The van der Waals surface area contributed by atoms with Gasteiger partial charge in [-0.3, -0.25) is 0 Å². The first-order valence-corrected chi connectivity index (χ1v) is 5.58. The minimum Gasteiger partial charge on any atom is -0.477 e. The number of aromatic carboxylic acids is 1. The molecule has 4 heteroatoms. The summed E-state index contributed by atoms with van der Waals surface area (Å²) in [5, 5.41) is 10.2. The van der Waals surface area contributed by atoms with Crippen LogP contribution in [0.25, 0.3) is 10.9 Å². The Morgan fingerprint density at radius 2 is 2.11 bits per heavy atom. The lowest BCUT2D eigenvalue weighted by molar-refractivity contribution is 0.0686. The third-order valence-electron chi connectivity index (χ3n) is 2.95. The molecule has 0 amide bonds. The van der Waals surface area contributed by atoms with Crippen LogP contribution in [0.3, 0.4) is 0 Å². The first-order chi connectivity index (χ1) is 8.75. The molecule has 90 valence electrons. The van der Waals surface area contributed by atoms with Crippen molar-refractivity contribution in [2.24, 2.45) is 0 Å². The second-order valence-electron chi connectivity index (χ2n) is 4.11. The predicted molar refractivity (Wildman–Crippen MR) is 66.7 cm³/mol. The Balaban J connectivity index is 2.18. The molecule has 3 aromatic rings. The molecular weight excluding hydrogens is 230 g/mol. The van der Waals surface area contributed by atoms with E-state index in [2.05, 4.69) is 0 Å². The highest BCUT2D eigenvalue weighted by molar-refractivity contribution is 5.94. The monoisotopic (exact) mass is 241 g/mol. The molecule has 1 aromatic carbocycles. The minimum absolute atomic E-state index is 0.289. The Morgan fingerprint density at radius 1 is 1.28 bits per heavy atom. The average molecular weight is 241 g/mol. The van der Waals surface area contributed by atoms with Crippen molar-refractivity contribution in [3.63, 3.8) is 0 Å². The quantitative estimate of drug-likeness (QED) is 0.766. The zero-order valence-corrected chi connectivity index (χ0v) is 9.54. The Kier molecular flexibility index (Phi) is 2.41. The van der Waals surface area contributed by atoms with Crippen LogP contribution in [0, 0.1) is 0 Å². The van der Waals surface area contributed by atoms with Crippen LogP contribution in [0.2, 0.25) is 0 Å². The fourth-order valence-corrected chi connectivity index (χ4v) is 2.12. The summed E-state index contributed by atoms with van der Waals surface area (Å²) in [4.78, 5) is 11.3. The van der Waals surface area contributed by atoms with Crippen molar-refractivity contribution < 1.29 is 14.3 Å². The molecule has 1 N–H and O–H groups in total. The fraction of sp³-hybridized carbons (Fsp3) is 0.0714. The number of hydrogen-bond acceptors (Lipinski definition) is 2. The van der Waals surface area contributed by atoms with Crippen LogP contribution in [-0.2, 0) is 6.54 Å². The van der Waals surface area contributed by atoms with Crippen molar-refractivity contribution in [2.75, 3.05) is 0 Å². The minimum atomic E-state index is -0.922. The van der Waals surface area contributed by atoms with Crippen molar-refractivity contribution >= 4 is 16.9 Å². The molecule has 0 aliphatic heterocycles. The van der Waals surface area contributed by atoms with Gasteiger partial charge >= 0.3 is 5.97 Å². The lowest BCUT2D eigenvalue weighted by Crippen LogP contribution is -2.08. The maximum atomic E-state index is 11.3. The molecule has 2 heterocycles. The Hall–Kier alpha value is -2.49. The van der Waals surface area contributed by atoms with Crippen molar-refractivity contribution in [1.29, 1.82) is 0 Å². The summed E-state index contributed by atoms with van der Waals surface area (Å²) in [5.74, 6) is -0.922. The van der Waals surface area contributed by atoms with E-state index in [1.165, 1.54) is 0 Å². The molecular formula is C14H11NO3. The first-order valence-electron chi connectivity index (χ1n) is 5.58. The molecule has 2 aromatic heterocycles. The molecule has 0 aliphatic rings. The SMILES string of the molecule is O=C(O)c1cc2ccccc2n1Cc1ccoc1. The maximum Gasteiger partial charge on any atom is 0.352 e. The van der Waals surface area contributed by atoms with E-state index in [9.17, 15) is 9.90 Å². The summed E-state index contributed by atoms with van der Waals surface area (Å²) in [6.07, 6.45) is 3.21. The number of aromatic nitrogens is 1. The molecule has 0 saturated carbocycles.